The summed E-state index contributed by atoms with van der Waals surface area (Å²) in [5, 5.41) is 2.93. The summed E-state index contributed by atoms with van der Waals surface area (Å²) in [6.45, 7) is 11.6. The van der Waals surface area contributed by atoms with E-state index >= 15 is 4.39 Å². The van der Waals surface area contributed by atoms with Crippen molar-refractivity contribution in [3.8, 4) is 0 Å². The van der Waals surface area contributed by atoms with Crippen LogP contribution in [0.15, 0.2) is 54.7 Å². The number of aromatic nitrogens is 2. The van der Waals surface area contributed by atoms with Crippen molar-refractivity contribution >= 4 is 23.1 Å². The maximum Gasteiger partial charge on any atom is 0.418 e. The molecule has 1 aromatic heterocycles. The van der Waals surface area contributed by atoms with E-state index in [1.54, 1.807) is 11.0 Å². The van der Waals surface area contributed by atoms with Gasteiger partial charge in [0.2, 0.25) is 5.95 Å². The summed E-state index contributed by atoms with van der Waals surface area (Å²) in [6, 6.07) is 14.0. The van der Waals surface area contributed by atoms with Crippen LogP contribution in [0.4, 0.5) is 40.7 Å². The normalized spacial score (nSPS) is 19.6. The van der Waals surface area contributed by atoms with Crippen molar-refractivity contribution in [2.24, 2.45) is 0 Å². The summed E-state index contributed by atoms with van der Waals surface area (Å²) in [4.78, 5) is 16.9. The Morgan fingerprint density at radius 3 is 2.18 bits per heavy atom. The first-order valence-corrected chi connectivity index (χ1v) is 15.1. The van der Waals surface area contributed by atoms with Crippen molar-refractivity contribution in [3.63, 3.8) is 0 Å². The number of alkyl halides is 3. The van der Waals surface area contributed by atoms with Gasteiger partial charge in [0, 0.05) is 61.2 Å². The maximum absolute atomic E-state index is 15.6. The lowest BCUT2D eigenvalue weighted by Crippen LogP contribution is -2.62. The van der Waals surface area contributed by atoms with Gasteiger partial charge < -0.3 is 20.0 Å². The Hall–Kier alpha value is -3.44. The van der Waals surface area contributed by atoms with Crippen molar-refractivity contribution in [1.29, 1.82) is 0 Å². The van der Waals surface area contributed by atoms with E-state index in [1.165, 1.54) is 6.07 Å². The molecule has 238 valence electrons. The quantitative estimate of drug-likeness (QED) is 0.295. The fourth-order valence-electron chi connectivity index (χ4n) is 6.61. The Morgan fingerprint density at radius 1 is 0.932 bits per heavy atom. The van der Waals surface area contributed by atoms with E-state index in [1.807, 2.05) is 42.3 Å². The zero-order valence-corrected chi connectivity index (χ0v) is 26.4. The second kappa shape index (κ2) is 12.2. The number of piperazine rings is 1. The molecular formula is C33H43F4N7. The third-order valence-corrected chi connectivity index (χ3v) is 9.32. The first kappa shape index (κ1) is 32.0. The minimum Gasteiger partial charge on any atom is -0.368 e. The van der Waals surface area contributed by atoms with Crippen LogP contribution in [0.2, 0.25) is 0 Å². The standard InChI is InChI=1S/C33H43F4N7/c1-31(2)19-25(20-32(3,4)42(31)6)44(22-23-10-8-7-9-11-23)29-27(34)21-38-30(40-29)39-24-12-13-28(26(18-24)33(35,36)37)43-16-14-41(5)15-17-43/h7-13,18,21,25H,14-17,19-20,22H2,1-6H3,(H,38,39,40). The first-order chi connectivity index (χ1) is 20.6. The molecule has 0 atom stereocenters. The number of halogens is 4. The van der Waals surface area contributed by atoms with Gasteiger partial charge in [-0.3, -0.25) is 4.90 Å². The topological polar surface area (TPSA) is 50.8 Å². The fourth-order valence-corrected chi connectivity index (χ4v) is 6.61. The lowest BCUT2D eigenvalue weighted by molar-refractivity contribution is -0.137. The number of benzene rings is 2. The average molecular weight is 614 g/mol. The van der Waals surface area contributed by atoms with Crippen LogP contribution in [0.5, 0.6) is 0 Å². The average Bonchev–Trinajstić information content (AvgIpc) is 2.96. The van der Waals surface area contributed by atoms with Crippen LogP contribution in [-0.2, 0) is 12.7 Å². The van der Waals surface area contributed by atoms with Gasteiger partial charge in [0.05, 0.1) is 11.8 Å². The van der Waals surface area contributed by atoms with Crippen molar-refractivity contribution < 1.29 is 17.6 Å². The van der Waals surface area contributed by atoms with Gasteiger partial charge in [0.25, 0.3) is 0 Å². The lowest BCUT2D eigenvalue weighted by Gasteiger charge is -2.55. The number of piperidine rings is 1. The Kier molecular flexibility index (Phi) is 8.83. The summed E-state index contributed by atoms with van der Waals surface area (Å²) in [5.41, 5.74) is 0.291. The van der Waals surface area contributed by atoms with Crippen LogP contribution >= 0.6 is 0 Å². The molecule has 0 amide bonds. The van der Waals surface area contributed by atoms with Gasteiger partial charge in [-0.15, -0.1) is 0 Å². The smallest absolute Gasteiger partial charge is 0.368 e. The Balaban J connectivity index is 1.48. The molecule has 11 heteroatoms. The molecule has 0 aliphatic carbocycles. The molecule has 2 fully saturated rings. The number of likely N-dealkylation sites (N-methyl/N-ethyl adjacent to an activating group) is 1. The minimum atomic E-state index is -4.55. The molecule has 3 heterocycles. The number of hydrogen-bond donors (Lipinski definition) is 1. The van der Waals surface area contributed by atoms with Gasteiger partial charge >= 0.3 is 6.18 Å². The maximum atomic E-state index is 15.6. The number of likely N-dealkylation sites (tertiary alicyclic amines) is 1. The van der Waals surface area contributed by atoms with Crippen LogP contribution in [-0.4, -0.2) is 77.2 Å². The van der Waals surface area contributed by atoms with Crippen molar-refractivity contribution in [1.82, 2.24) is 19.8 Å². The molecule has 2 aliphatic rings. The Morgan fingerprint density at radius 2 is 1.57 bits per heavy atom. The summed E-state index contributed by atoms with van der Waals surface area (Å²) >= 11 is 0. The molecule has 44 heavy (non-hydrogen) atoms. The van der Waals surface area contributed by atoms with Gasteiger partial charge in [0.15, 0.2) is 11.6 Å². The highest BCUT2D eigenvalue weighted by Crippen LogP contribution is 2.42. The van der Waals surface area contributed by atoms with Crippen molar-refractivity contribution in [3.05, 3.63) is 71.7 Å². The highest BCUT2D eigenvalue weighted by atomic mass is 19.4. The summed E-state index contributed by atoms with van der Waals surface area (Å²) in [7, 11) is 4.08. The van der Waals surface area contributed by atoms with E-state index in [4.69, 9.17) is 0 Å². The van der Waals surface area contributed by atoms with Crippen LogP contribution in [0.25, 0.3) is 0 Å². The first-order valence-electron chi connectivity index (χ1n) is 15.1. The van der Waals surface area contributed by atoms with E-state index in [0.717, 1.165) is 30.7 Å². The third-order valence-electron chi connectivity index (χ3n) is 9.32. The molecule has 2 aliphatic heterocycles. The van der Waals surface area contributed by atoms with Gasteiger partial charge in [-0.2, -0.15) is 18.2 Å². The highest BCUT2D eigenvalue weighted by Gasteiger charge is 2.45. The van der Waals surface area contributed by atoms with E-state index in [2.05, 4.69) is 59.8 Å². The SMILES string of the molecule is CN1CCN(c2ccc(Nc3ncc(F)c(N(Cc4ccccc4)C4CC(C)(C)N(C)C(C)(C)C4)n3)cc2C(F)(F)F)CC1. The highest BCUT2D eigenvalue weighted by molar-refractivity contribution is 5.65. The third kappa shape index (κ3) is 6.94. The van der Waals surface area contributed by atoms with Crippen molar-refractivity contribution in [2.45, 2.75) is 70.4 Å². The van der Waals surface area contributed by atoms with E-state index < -0.39 is 17.6 Å². The predicted molar refractivity (Wildman–Crippen MR) is 168 cm³/mol. The number of rotatable bonds is 7. The molecule has 5 rings (SSSR count). The van der Waals surface area contributed by atoms with Crippen LogP contribution in [0.3, 0.4) is 0 Å². The molecule has 0 spiro atoms. The Labute approximate surface area is 257 Å². The monoisotopic (exact) mass is 613 g/mol. The van der Waals surface area contributed by atoms with Gasteiger partial charge in [-0.05, 0) is 78.4 Å². The number of anilines is 4. The summed E-state index contributed by atoms with van der Waals surface area (Å²) in [5.74, 6) is -0.425. The molecule has 2 aromatic carbocycles. The van der Waals surface area contributed by atoms with Crippen molar-refractivity contribution in [2.75, 3.05) is 55.4 Å². The zero-order chi connectivity index (χ0) is 31.9. The van der Waals surface area contributed by atoms with Crippen LogP contribution in [0.1, 0.15) is 51.7 Å². The van der Waals surface area contributed by atoms with Gasteiger partial charge in [-0.25, -0.2) is 9.37 Å². The van der Waals surface area contributed by atoms with Gasteiger partial charge in [-0.1, -0.05) is 30.3 Å². The summed E-state index contributed by atoms with van der Waals surface area (Å²) < 4.78 is 58.3. The zero-order valence-electron chi connectivity index (χ0n) is 26.4. The lowest BCUT2D eigenvalue weighted by atomic mass is 9.77. The molecule has 0 radical (unpaired) electrons. The molecule has 2 saturated heterocycles. The summed E-state index contributed by atoms with van der Waals surface area (Å²) in [6.07, 6.45) is -1.91. The molecule has 7 nitrogen and oxygen atoms in total. The van der Waals surface area contributed by atoms with Crippen LogP contribution in [0, 0.1) is 5.82 Å². The molecule has 0 unspecified atom stereocenters. The largest absolute Gasteiger partial charge is 0.418 e. The fraction of sp³-hybridized carbons (Fsp3) is 0.515. The Bertz CT molecular complexity index is 1420. The number of nitrogens with one attached hydrogen (secondary N) is 1. The molecule has 0 bridgehead atoms. The van der Waals surface area contributed by atoms with Crippen LogP contribution < -0.4 is 15.1 Å². The molecule has 1 N–H and O–H groups in total. The second-order valence-corrected chi connectivity index (χ2v) is 13.4. The number of nitrogens with zero attached hydrogens (tertiary/aromatic N) is 6. The van der Waals surface area contributed by atoms with E-state index in [9.17, 15) is 13.2 Å². The number of hydrogen-bond acceptors (Lipinski definition) is 7. The molecular weight excluding hydrogens is 570 g/mol. The van der Waals surface area contributed by atoms with E-state index in [0.29, 0.717) is 32.7 Å². The van der Waals surface area contributed by atoms with E-state index in [-0.39, 0.29) is 40.3 Å². The van der Waals surface area contributed by atoms with Gasteiger partial charge in [0.1, 0.15) is 0 Å². The minimum absolute atomic E-state index is 0.0337. The second-order valence-electron chi connectivity index (χ2n) is 13.4. The predicted octanol–water partition coefficient (Wildman–Crippen LogP) is 6.79. The molecule has 0 saturated carbocycles. The molecule has 3 aromatic rings.